The molecule has 0 aliphatic heterocycles. The van der Waals surface area contributed by atoms with Crippen LogP contribution in [0.3, 0.4) is 0 Å². The van der Waals surface area contributed by atoms with Gasteiger partial charge in [0.1, 0.15) is 0 Å². The van der Waals surface area contributed by atoms with Crippen molar-refractivity contribution in [2.24, 2.45) is 0 Å². The number of hydrogen-bond acceptors (Lipinski definition) is 2. The molecule has 0 fully saturated rings. The highest BCUT2D eigenvalue weighted by Gasteiger charge is 2.03. The Morgan fingerprint density at radius 2 is 1.76 bits per heavy atom. The lowest BCUT2D eigenvalue weighted by Crippen LogP contribution is -2.22. The van der Waals surface area contributed by atoms with Gasteiger partial charge in [-0.1, -0.05) is 28.1 Å². The van der Waals surface area contributed by atoms with Crippen LogP contribution in [-0.2, 0) is 6.54 Å². The van der Waals surface area contributed by atoms with E-state index in [1.807, 2.05) is 24.3 Å². The summed E-state index contributed by atoms with van der Waals surface area (Å²) in [6.07, 6.45) is 3.21. The van der Waals surface area contributed by atoms with Crippen molar-refractivity contribution in [3.05, 3.63) is 64.4 Å². The number of carbonyl (C=O) groups is 1. The number of nitrogens with zero attached hydrogens (tertiary/aromatic N) is 1. The molecule has 0 saturated heterocycles. The molecule has 2 rings (SSSR count). The van der Waals surface area contributed by atoms with Crippen LogP contribution in [0.15, 0.2) is 53.3 Å². The average Bonchev–Trinajstić information content (AvgIpc) is 2.39. The Hall–Kier alpha value is -1.68. The van der Waals surface area contributed by atoms with Gasteiger partial charge in [-0.25, -0.2) is 0 Å². The van der Waals surface area contributed by atoms with Gasteiger partial charge in [0.05, 0.1) is 0 Å². The van der Waals surface area contributed by atoms with E-state index in [9.17, 15) is 4.79 Å². The predicted octanol–water partition coefficient (Wildman–Crippen LogP) is 2.77. The van der Waals surface area contributed by atoms with Crippen molar-refractivity contribution < 1.29 is 4.79 Å². The summed E-state index contributed by atoms with van der Waals surface area (Å²) in [6.45, 7) is 0.522. The fraction of sp³-hybridized carbons (Fsp3) is 0.0769. The van der Waals surface area contributed by atoms with E-state index in [2.05, 4.69) is 26.2 Å². The molecule has 0 saturated carbocycles. The SMILES string of the molecule is O=C(NCc1ccc(Br)cc1)c1ccncc1. The third kappa shape index (κ3) is 3.39. The Morgan fingerprint density at radius 1 is 1.12 bits per heavy atom. The zero-order valence-corrected chi connectivity index (χ0v) is 10.6. The second-order valence-electron chi connectivity index (χ2n) is 3.55. The average molecular weight is 291 g/mol. The van der Waals surface area contributed by atoms with E-state index in [4.69, 9.17) is 0 Å². The molecule has 2 aromatic rings. The molecular weight excluding hydrogens is 280 g/mol. The van der Waals surface area contributed by atoms with Crippen LogP contribution in [0.25, 0.3) is 0 Å². The zero-order valence-electron chi connectivity index (χ0n) is 9.06. The van der Waals surface area contributed by atoms with E-state index in [0.717, 1.165) is 10.0 Å². The number of aromatic nitrogens is 1. The number of halogens is 1. The summed E-state index contributed by atoms with van der Waals surface area (Å²) < 4.78 is 1.03. The molecule has 0 radical (unpaired) electrons. The lowest BCUT2D eigenvalue weighted by molar-refractivity contribution is 0.0951. The lowest BCUT2D eigenvalue weighted by atomic mass is 10.2. The van der Waals surface area contributed by atoms with Crippen LogP contribution < -0.4 is 5.32 Å². The lowest BCUT2D eigenvalue weighted by Gasteiger charge is -2.05. The summed E-state index contributed by atoms with van der Waals surface area (Å²) in [5, 5.41) is 2.85. The first-order valence-corrected chi connectivity index (χ1v) is 5.97. The van der Waals surface area contributed by atoms with Crippen LogP contribution in [0.4, 0.5) is 0 Å². The predicted molar refractivity (Wildman–Crippen MR) is 69.5 cm³/mol. The van der Waals surface area contributed by atoms with Crippen LogP contribution in [0.1, 0.15) is 15.9 Å². The number of nitrogens with one attached hydrogen (secondary N) is 1. The van der Waals surface area contributed by atoms with Crippen molar-refractivity contribution in [3.8, 4) is 0 Å². The highest BCUT2D eigenvalue weighted by Crippen LogP contribution is 2.10. The van der Waals surface area contributed by atoms with E-state index >= 15 is 0 Å². The maximum Gasteiger partial charge on any atom is 0.251 e. The minimum atomic E-state index is -0.0877. The molecule has 1 aromatic carbocycles. The third-order valence-corrected chi connectivity index (χ3v) is 2.84. The van der Waals surface area contributed by atoms with Gasteiger partial charge in [-0.3, -0.25) is 9.78 Å². The van der Waals surface area contributed by atoms with E-state index in [0.29, 0.717) is 12.1 Å². The van der Waals surface area contributed by atoms with Gasteiger partial charge < -0.3 is 5.32 Å². The van der Waals surface area contributed by atoms with Gasteiger partial charge in [0.25, 0.3) is 5.91 Å². The maximum atomic E-state index is 11.7. The Bertz CT molecular complexity index is 497. The quantitative estimate of drug-likeness (QED) is 0.944. The van der Waals surface area contributed by atoms with Crippen LogP contribution in [0.5, 0.6) is 0 Å². The van der Waals surface area contributed by atoms with Crippen molar-refractivity contribution >= 4 is 21.8 Å². The normalized spacial score (nSPS) is 9.94. The standard InChI is InChI=1S/C13H11BrN2O/c14-12-3-1-10(2-4-12)9-16-13(17)11-5-7-15-8-6-11/h1-8H,9H2,(H,16,17). The van der Waals surface area contributed by atoms with Crippen molar-refractivity contribution in [1.29, 1.82) is 0 Å². The largest absolute Gasteiger partial charge is 0.348 e. The second kappa shape index (κ2) is 5.59. The molecule has 0 aliphatic rings. The van der Waals surface area contributed by atoms with Gasteiger partial charge in [0.2, 0.25) is 0 Å². The molecule has 3 nitrogen and oxygen atoms in total. The summed E-state index contributed by atoms with van der Waals surface area (Å²) in [5.41, 5.74) is 1.69. The third-order valence-electron chi connectivity index (χ3n) is 2.31. The molecular formula is C13H11BrN2O. The van der Waals surface area contributed by atoms with Crippen molar-refractivity contribution in [2.75, 3.05) is 0 Å². The van der Waals surface area contributed by atoms with Gasteiger partial charge in [0, 0.05) is 29.0 Å². The second-order valence-corrected chi connectivity index (χ2v) is 4.46. The Labute approximate surface area is 108 Å². The molecule has 0 bridgehead atoms. The van der Waals surface area contributed by atoms with Crippen LogP contribution in [-0.4, -0.2) is 10.9 Å². The van der Waals surface area contributed by atoms with E-state index in [1.165, 1.54) is 0 Å². The first kappa shape index (κ1) is 11.8. The topological polar surface area (TPSA) is 42.0 Å². The Kier molecular flexibility index (Phi) is 3.88. The fourth-order valence-electron chi connectivity index (χ4n) is 1.39. The number of amides is 1. The Balaban J connectivity index is 1.95. The molecule has 0 aliphatic carbocycles. The molecule has 4 heteroatoms. The Morgan fingerprint density at radius 3 is 2.41 bits per heavy atom. The first-order chi connectivity index (χ1) is 8.25. The van der Waals surface area contributed by atoms with Gasteiger partial charge in [-0.15, -0.1) is 0 Å². The van der Waals surface area contributed by atoms with Crippen molar-refractivity contribution in [2.45, 2.75) is 6.54 Å². The van der Waals surface area contributed by atoms with Gasteiger partial charge in [0.15, 0.2) is 0 Å². The molecule has 1 heterocycles. The summed E-state index contributed by atoms with van der Waals surface area (Å²) in [4.78, 5) is 15.6. The molecule has 1 N–H and O–H groups in total. The summed E-state index contributed by atoms with van der Waals surface area (Å²) in [5.74, 6) is -0.0877. The highest BCUT2D eigenvalue weighted by atomic mass is 79.9. The number of carbonyl (C=O) groups excluding carboxylic acids is 1. The van der Waals surface area contributed by atoms with Crippen LogP contribution >= 0.6 is 15.9 Å². The molecule has 1 aromatic heterocycles. The monoisotopic (exact) mass is 290 g/mol. The molecule has 0 unspecified atom stereocenters. The zero-order chi connectivity index (χ0) is 12.1. The minimum absolute atomic E-state index is 0.0877. The number of hydrogen-bond donors (Lipinski definition) is 1. The highest BCUT2D eigenvalue weighted by molar-refractivity contribution is 9.10. The summed E-state index contributed by atoms with van der Waals surface area (Å²) >= 11 is 3.37. The van der Waals surface area contributed by atoms with E-state index < -0.39 is 0 Å². The number of pyridine rings is 1. The number of rotatable bonds is 3. The fourth-order valence-corrected chi connectivity index (χ4v) is 1.65. The smallest absolute Gasteiger partial charge is 0.251 e. The van der Waals surface area contributed by atoms with Crippen molar-refractivity contribution in [3.63, 3.8) is 0 Å². The molecule has 0 spiro atoms. The molecule has 17 heavy (non-hydrogen) atoms. The van der Waals surface area contributed by atoms with Crippen LogP contribution in [0.2, 0.25) is 0 Å². The van der Waals surface area contributed by atoms with E-state index in [-0.39, 0.29) is 5.91 Å². The van der Waals surface area contributed by atoms with Crippen molar-refractivity contribution in [1.82, 2.24) is 10.3 Å². The maximum absolute atomic E-state index is 11.7. The van der Waals surface area contributed by atoms with Gasteiger partial charge in [-0.05, 0) is 29.8 Å². The molecule has 1 amide bonds. The molecule has 0 atom stereocenters. The van der Waals surface area contributed by atoms with Gasteiger partial charge in [-0.2, -0.15) is 0 Å². The number of benzene rings is 1. The van der Waals surface area contributed by atoms with Crippen LogP contribution in [0, 0.1) is 0 Å². The van der Waals surface area contributed by atoms with E-state index in [1.54, 1.807) is 24.5 Å². The molecule has 86 valence electrons. The van der Waals surface area contributed by atoms with Gasteiger partial charge >= 0.3 is 0 Å². The minimum Gasteiger partial charge on any atom is -0.348 e. The summed E-state index contributed by atoms with van der Waals surface area (Å²) in [7, 11) is 0. The first-order valence-electron chi connectivity index (χ1n) is 5.18. The summed E-state index contributed by atoms with van der Waals surface area (Å²) in [6, 6.07) is 11.2.